The van der Waals surface area contributed by atoms with Gasteiger partial charge in [-0.3, -0.25) is 4.79 Å². The number of hydrogen-bond donors (Lipinski definition) is 1. The minimum Gasteiger partial charge on any atom is -0.511 e. The average molecular weight is 170 g/mol. The number of aliphatic hydroxyl groups is 1. The van der Waals surface area contributed by atoms with Crippen molar-refractivity contribution in [3.63, 3.8) is 0 Å². The Morgan fingerprint density at radius 2 is 2.25 bits per heavy atom. The number of hydrogen-bond acceptors (Lipinski definition) is 4. The van der Waals surface area contributed by atoms with Gasteiger partial charge in [0.15, 0.2) is 6.61 Å². The lowest BCUT2D eigenvalue weighted by atomic mass is 10.1. The van der Waals surface area contributed by atoms with Gasteiger partial charge in [-0.1, -0.05) is 6.92 Å². The zero-order valence-corrected chi connectivity index (χ0v) is 6.79. The van der Waals surface area contributed by atoms with Gasteiger partial charge in [-0.2, -0.15) is 0 Å². The number of carbonyl (C=O) groups is 2. The molecule has 0 amide bonds. The third-order valence-corrected chi connectivity index (χ3v) is 1.59. The van der Waals surface area contributed by atoms with E-state index in [9.17, 15) is 14.7 Å². The lowest BCUT2D eigenvalue weighted by Crippen LogP contribution is -2.05. The lowest BCUT2D eigenvalue weighted by Gasteiger charge is -1.97. The molecule has 1 heterocycles. The molecule has 0 atom stereocenters. The summed E-state index contributed by atoms with van der Waals surface area (Å²) in [4.78, 5) is 21.8. The van der Waals surface area contributed by atoms with E-state index in [4.69, 9.17) is 0 Å². The van der Waals surface area contributed by atoms with Gasteiger partial charge >= 0.3 is 5.97 Å². The van der Waals surface area contributed by atoms with Crippen LogP contribution in [0.5, 0.6) is 0 Å². The topological polar surface area (TPSA) is 63.6 Å². The van der Waals surface area contributed by atoms with Crippen LogP contribution in [0.15, 0.2) is 11.3 Å². The highest BCUT2D eigenvalue weighted by Crippen LogP contribution is 2.16. The van der Waals surface area contributed by atoms with Gasteiger partial charge in [0, 0.05) is 6.42 Å². The molecule has 1 fully saturated rings. The molecule has 0 saturated carbocycles. The minimum atomic E-state index is -0.703. The second-order valence-electron chi connectivity index (χ2n) is 2.57. The summed E-state index contributed by atoms with van der Waals surface area (Å²) >= 11 is 0. The van der Waals surface area contributed by atoms with Gasteiger partial charge in [0.2, 0.25) is 5.78 Å². The van der Waals surface area contributed by atoms with Gasteiger partial charge in [-0.05, 0) is 6.42 Å². The second-order valence-corrected chi connectivity index (χ2v) is 2.57. The van der Waals surface area contributed by atoms with Crippen LogP contribution in [0.3, 0.4) is 0 Å². The SMILES string of the molecule is CCC/C(O)=C1\C(=O)COC1=O. The smallest absolute Gasteiger partial charge is 0.345 e. The number of ketones is 1. The first-order valence-electron chi connectivity index (χ1n) is 3.79. The van der Waals surface area contributed by atoms with Gasteiger partial charge in [0.1, 0.15) is 11.3 Å². The molecule has 0 spiro atoms. The monoisotopic (exact) mass is 170 g/mol. The van der Waals surface area contributed by atoms with Crippen LogP contribution in [0.25, 0.3) is 0 Å². The van der Waals surface area contributed by atoms with E-state index in [1.54, 1.807) is 0 Å². The first-order valence-corrected chi connectivity index (χ1v) is 3.79. The number of esters is 1. The molecular weight excluding hydrogens is 160 g/mol. The molecule has 1 saturated heterocycles. The molecule has 0 radical (unpaired) electrons. The summed E-state index contributed by atoms with van der Waals surface area (Å²) in [5.74, 6) is -1.28. The first kappa shape index (κ1) is 8.77. The summed E-state index contributed by atoms with van der Waals surface area (Å²) in [6.07, 6.45) is 1.03. The molecule has 0 aromatic heterocycles. The fourth-order valence-electron chi connectivity index (χ4n) is 1.03. The van der Waals surface area contributed by atoms with Crippen molar-refractivity contribution in [2.24, 2.45) is 0 Å². The van der Waals surface area contributed by atoms with E-state index in [1.807, 2.05) is 6.92 Å². The molecule has 1 rings (SSSR count). The first-order chi connectivity index (χ1) is 5.66. The molecule has 0 bridgehead atoms. The molecule has 1 aliphatic rings. The highest BCUT2D eigenvalue weighted by atomic mass is 16.5. The van der Waals surface area contributed by atoms with Crippen LogP contribution in [-0.2, 0) is 14.3 Å². The van der Waals surface area contributed by atoms with E-state index in [2.05, 4.69) is 4.74 Å². The Balaban J connectivity index is 2.90. The van der Waals surface area contributed by atoms with Crippen molar-refractivity contribution in [2.45, 2.75) is 19.8 Å². The lowest BCUT2D eigenvalue weighted by molar-refractivity contribution is -0.135. The van der Waals surface area contributed by atoms with Crippen LogP contribution < -0.4 is 0 Å². The maximum absolute atomic E-state index is 10.9. The maximum Gasteiger partial charge on any atom is 0.345 e. The minimum absolute atomic E-state index is 0.148. The standard InChI is InChI=1S/C8H10O4/c1-2-3-5(9)7-6(10)4-12-8(7)11/h9H,2-4H2,1H3/b7-5-. The molecule has 0 unspecified atom stereocenters. The largest absolute Gasteiger partial charge is 0.511 e. The molecule has 0 aromatic carbocycles. The van der Waals surface area contributed by atoms with Gasteiger partial charge in [0.05, 0.1) is 0 Å². The summed E-state index contributed by atoms with van der Waals surface area (Å²) in [5, 5.41) is 9.25. The number of carbonyl (C=O) groups excluding carboxylic acids is 2. The van der Waals surface area contributed by atoms with E-state index in [1.165, 1.54) is 0 Å². The normalized spacial score (nSPS) is 21.1. The fraction of sp³-hybridized carbons (Fsp3) is 0.500. The van der Waals surface area contributed by atoms with Gasteiger partial charge in [-0.25, -0.2) is 4.79 Å². The third-order valence-electron chi connectivity index (χ3n) is 1.59. The molecule has 4 heteroatoms. The van der Waals surface area contributed by atoms with Crippen molar-refractivity contribution in [3.8, 4) is 0 Å². The molecule has 0 aliphatic carbocycles. The molecule has 66 valence electrons. The van der Waals surface area contributed by atoms with Crippen LogP contribution in [-0.4, -0.2) is 23.5 Å². The van der Waals surface area contributed by atoms with Crippen molar-refractivity contribution in [1.29, 1.82) is 0 Å². The van der Waals surface area contributed by atoms with Crippen molar-refractivity contribution in [1.82, 2.24) is 0 Å². The van der Waals surface area contributed by atoms with Crippen molar-refractivity contribution in [3.05, 3.63) is 11.3 Å². The summed E-state index contributed by atoms with van der Waals surface area (Å²) in [7, 11) is 0. The summed E-state index contributed by atoms with van der Waals surface area (Å²) < 4.78 is 4.44. The fourth-order valence-corrected chi connectivity index (χ4v) is 1.03. The molecule has 0 aromatic rings. The van der Waals surface area contributed by atoms with E-state index in [-0.39, 0.29) is 17.9 Å². The zero-order chi connectivity index (χ0) is 9.14. The number of allylic oxidation sites excluding steroid dienone is 1. The Morgan fingerprint density at radius 1 is 1.58 bits per heavy atom. The van der Waals surface area contributed by atoms with Crippen LogP contribution in [0, 0.1) is 0 Å². The van der Waals surface area contributed by atoms with Gasteiger partial charge in [-0.15, -0.1) is 0 Å². The predicted octanol–water partition coefficient (Wildman–Crippen LogP) is 0.725. The summed E-state index contributed by atoms with van der Waals surface area (Å²) in [6, 6.07) is 0. The Hall–Kier alpha value is -1.32. The second kappa shape index (κ2) is 3.38. The van der Waals surface area contributed by atoms with Crippen LogP contribution >= 0.6 is 0 Å². The third kappa shape index (κ3) is 1.47. The van der Waals surface area contributed by atoms with Gasteiger partial charge in [0.25, 0.3) is 0 Å². The number of cyclic esters (lactones) is 1. The molecule has 1 aliphatic heterocycles. The molecular formula is C8H10O4. The zero-order valence-electron chi connectivity index (χ0n) is 6.79. The van der Waals surface area contributed by atoms with E-state index in [0.717, 1.165) is 0 Å². The average Bonchev–Trinajstić information content (AvgIpc) is 2.32. The highest BCUT2D eigenvalue weighted by molar-refractivity contribution is 6.22. The van der Waals surface area contributed by atoms with E-state index in [0.29, 0.717) is 12.8 Å². The van der Waals surface area contributed by atoms with Crippen molar-refractivity contribution in [2.75, 3.05) is 6.61 Å². The Kier molecular flexibility index (Phi) is 2.47. The van der Waals surface area contributed by atoms with Crippen LogP contribution in [0.2, 0.25) is 0 Å². The van der Waals surface area contributed by atoms with E-state index >= 15 is 0 Å². The van der Waals surface area contributed by atoms with Crippen LogP contribution in [0.4, 0.5) is 0 Å². The molecule has 4 nitrogen and oxygen atoms in total. The molecule has 1 N–H and O–H groups in total. The Morgan fingerprint density at radius 3 is 2.67 bits per heavy atom. The summed E-state index contributed by atoms with van der Waals surface area (Å²) in [5.41, 5.74) is -0.170. The Bertz CT molecular complexity index is 234. The van der Waals surface area contributed by atoms with Gasteiger partial charge < -0.3 is 9.84 Å². The molecule has 12 heavy (non-hydrogen) atoms. The highest BCUT2D eigenvalue weighted by Gasteiger charge is 2.31. The Labute approximate surface area is 69.8 Å². The number of aliphatic hydroxyl groups excluding tert-OH is 1. The van der Waals surface area contributed by atoms with E-state index < -0.39 is 11.8 Å². The number of ether oxygens (including phenoxy) is 1. The van der Waals surface area contributed by atoms with Crippen molar-refractivity contribution >= 4 is 11.8 Å². The van der Waals surface area contributed by atoms with Crippen LogP contribution in [0.1, 0.15) is 19.8 Å². The quantitative estimate of drug-likeness (QED) is 0.287. The summed E-state index contributed by atoms with van der Waals surface area (Å²) in [6.45, 7) is 1.61. The number of Topliss-reactive ketones (excluding diaryl/α,β-unsaturated/α-hetero) is 1. The maximum atomic E-state index is 10.9. The predicted molar refractivity (Wildman–Crippen MR) is 40.5 cm³/mol. The van der Waals surface area contributed by atoms with Crippen molar-refractivity contribution < 1.29 is 19.4 Å². The number of rotatable bonds is 2.